The van der Waals surface area contributed by atoms with Crippen LogP contribution in [0.25, 0.3) is 5.76 Å². The third-order valence-corrected chi connectivity index (χ3v) is 8.17. The van der Waals surface area contributed by atoms with Gasteiger partial charge in [0.25, 0.3) is 11.5 Å². The predicted molar refractivity (Wildman–Crippen MR) is 145 cm³/mol. The predicted octanol–water partition coefficient (Wildman–Crippen LogP) is 6.02. The highest BCUT2D eigenvalue weighted by molar-refractivity contribution is 8.00. The number of aliphatic hydroxyl groups excluding tert-OH is 1. The fraction of sp³-hybridized carbons (Fsp3) is 0.0769. The molecule has 1 aromatic heterocycles. The van der Waals surface area contributed by atoms with Crippen LogP contribution in [0, 0.1) is 10.1 Å². The molecule has 1 unspecified atom stereocenters. The molecule has 3 aromatic carbocycles. The summed E-state index contributed by atoms with van der Waals surface area (Å²) in [5, 5.41) is 31.3. The maximum absolute atomic E-state index is 13.3. The van der Waals surface area contributed by atoms with E-state index in [0.717, 1.165) is 16.9 Å². The number of Topliss-reactive ketones (excluding diaryl/α,β-unsaturated/α-hetero) is 1. The largest absolute Gasteiger partial charge is 0.507 e. The molecule has 0 saturated carbocycles. The SMILES string of the molecule is O=C1C(=O)N(c2nnc(SCc3ccccc3)s2)C(c2ccc([N+](=O)[O-])cc2)/C1=C(/O)c1ccc(Cl)cc1. The second-order valence-corrected chi connectivity index (χ2v) is 10.8. The van der Waals surface area contributed by atoms with Gasteiger partial charge in [0.05, 0.1) is 16.5 Å². The van der Waals surface area contributed by atoms with E-state index in [0.29, 0.717) is 20.7 Å². The highest BCUT2D eigenvalue weighted by atomic mass is 35.5. The molecule has 2 heterocycles. The standard InChI is InChI=1S/C26H17ClN4O5S2/c27-18-10-6-17(7-11-18)22(32)20-21(16-8-12-19(13-9-16)31(35)36)30(24(34)23(20)33)25-28-29-26(38-25)37-14-15-4-2-1-3-5-15/h1-13,21,32H,14H2/b22-20-. The molecule has 190 valence electrons. The first-order chi connectivity index (χ1) is 18.3. The van der Waals surface area contributed by atoms with Gasteiger partial charge in [-0.3, -0.25) is 24.6 Å². The van der Waals surface area contributed by atoms with Crippen molar-refractivity contribution >= 4 is 63.0 Å². The van der Waals surface area contributed by atoms with Crippen LogP contribution in [-0.4, -0.2) is 31.9 Å². The van der Waals surface area contributed by atoms with Gasteiger partial charge in [-0.25, -0.2) is 0 Å². The number of ketones is 1. The number of rotatable bonds is 7. The second kappa shape index (κ2) is 10.7. The minimum atomic E-state index is -1.08. The van der Waals surface area contributed by atoms with Gasteiger partial charge in [0.1, 0.15) is 5.76 Å². The number of nitro benzene ring substituents is 1. The maximum Gasteiger partial charge on any atom is 0.301 e. The summed E-state index contributed by atoms with van der Waals surface area (Å²) in [5.74, 6) is -1.56. The van der Waals surface area contributed by atoms with E-state index in [1.54, 1.807) is 12.1 Å². The number of carbonyl (C=O) groups is 2. The van der Waals surface area contributed by atoms with Crippen molar-refractivity contribution in [3.05, 3.63) is 116 Å². The van der Waals surface area contributed by atoms with Crippen LogP contribution in [0.5, 0.6) is 0 Å². The Balaban J connectivity index is 1.56. The summed E-state index contributed by atoms with van der Waals surface area (Å²) in [6.07, 6.45) is 0. The Hall–Kier alpha value is -4.06. The molecule has 38 heavy (non-hydrogen) atoms. The first-order valence-corrected chi connectivity index (χ1v) is 13.3. The van der Waals surface area contributed by atoms with Gasteiger partial charge in [0.2, 0.25) is 5.13 Å². The van der Waals surface area contributed by atoms with Gasteiger partial charge >= 0.3 is 5.91 Å². The molecule has 0 spiro atoms. The van der Waals surface area contributed by atoms with E-state index in [9.17, 15) is 24.8 Å². The molecule has 1 aliphatic heterocycles. The summed E-state index contributed by atoms with van der Waals surface area (Å²) in [6.45, 7) is 0. The number of non-ortho nitro benzene ring substituents is 1. The Bertz CT molecular complexity index is 1560. The minimum absolute atomic E-state index is 0.154. The lowest BCUT2D eigenvalue weighted by Gasteiger charge is -2.22. The number of aromatic nitrogens is 2. The van der Waals surface area contributed by atoms with Gasteiger partial charge in [0.15, 0.2) is 4.34 Å². The molecule has 1 atom stereocenters. The van der Waals surface area contributed by atoms with Crippen LogP contribution >= 0.6 is 34.7 Å². The molecule has 1 fully saturated rings. The second-order valence-electron chi connectivity index (χ2n) is 8.15. The fourth-order valence-corrected chi connectivity index (χ4v) is 5.91. The number of benzene rings is 3. The molecule has 12 heteroatoms. The number of nitro groups is 1. The van der Waals surface area contributed by atoms with Crippen molar-refractivity contribution in [1.29, 1.82) is 0 Å². The summed E-state index contributed by atoms with van der Waals surface area (Å²) < 4.78 is 0.589. The number of halogens is 1. The van der Waals surface area contributed by atoms with Gasteiger partial charge in [-0.05, 0) is 47.5 Å². The molecular weight excluding hydrogens is 548 g/mol. The summed E-state index contributed by atoms with van der Waals surface area (Å²) in [6, 6.07) is 20.3. The lowest BCUT2D eigenvalue weighted by Crippen LogP contribution is -2.29. The van der Waals surface area contributed by atoms with Crippen molar-refractivity contribution in [2.45, 2.75) is 16.1 Å². The molecule has 5 rings (SSSR count). The van der Waals surface area contributed by atoms with Crippen molar-refractivity contribution in [3.63, 3.8) is 0 Å². The topological polar surface area (TPSA) is 127 Å². The van der Waals surface area contributed by atoms with Crippen LogP contribution in [0.4, 0.5) is 10.8 Å². The molecule has 9 nitrogen and oxygen atoms in total. The molecule has 4 aromatic rings. The third kappa shape index (κ3) is 5.03. The maximum atomic E-state index is 13.3. The van der Waals surface area contributed by atoms with Gasteiger partial charge < -0.3 is 5.11 Å². The first kappa shape index (κ1) is 25.6. The number of aliphatic hydroxyl groups is 1. The van der Waals surface area contributed by atoms with Crippen molar-refractivity contribution in [1.82, 2.24) is 10.2 Å². The number of carbonyl (C=O) groups excluding carboxylic acids is 2. The summed E-state index contributed by atoms with van der Waals surface area (Å²) >= 11 is 8.54. The van der Waals surface area contributed by atoms with Gasteiger partial charge in [-0.1, -0.05) is 65.0 Å². The minimum Gasteiger partial charge on any atom is -0.507 e. The smallest absolute Gasteiger partial charge is 0.301 e. The quantitative estimate of drug-likeness (QED) is 0.0549. The average Bonchev–Trinajstić information content (AvgIpc) is 3.50. The molecule has 1 aliphatic rings. The van der Waals surface area contributed by atoms with Crippen molar-refractivity contribution in [2.75, 3.05) is 4.90 Å². The molecule has 0 aliphatic carbocycles. The van der Waals surface area contributed by atoms with E-state index in [1.165, 1.54) is 53.1 Å². The van der Waals surface area contributed by atoms with Gasteiger partial charge in [0, 0.05) is 28.5 Å². The molecule has 1 amide bonds. The Morgan fingerprint density at radius 2 is 1.71 bits per heavy atom. The monoisotopic (exact) mass is 564 g/mol. The number of nitrogens with zero attached hydrogens (tertiary/aromatic N) is 4. The Morgan fingerprint density at radius 1 is 1.03 bits per heavy atom. The lowest BCUT2D eigenvalue weighted by atomic mass is 9.95. The number of anilines is 1. The Labute approximate surface area is 229 Å². The van der Waals surface area contributed by atoms with E-state index in [4.69, 9.17) is 11.6 Å². The van der Waals surface area contributed by atoms with Crippen LogP contribution in [0.3, 0.4) is 0 Å². The van der Waals surface area contributed by atoms with Crippen molar-refractivity contribution in [3.8, 4) is 0 Å². The molecule has 0 radical (unpaired) electrons. The van der Waals surface area contributed by atoms with Crippen LogP contribution in [0.15, 0.2) is 88.8 Å². The zero-order valence-electron chi connectivity index (χ0n) is 19.4. The summed E-state index contributed by atoms with van der Waals surface area (Å²) in [4.78, 5) is 38.4. The van der Waals surface area contributed by atoms with Gasteiger partial charge in [-0.15, -0.1) is 10.2 Å². The van der Waals surface area contributed by atoms with E-state index < -0.39 is 28.4 Å². The first-order valence-electron chi connectivity index (χ1n) is 11.1. The Morgan fingerprint density at radius 3 is 2.37 bits per heavy atom. The molecule has 1 N–H and O–H groups in total. The van der Waals surface area contributed by atoms with Crippen LogP contribution in [0.2, 0.25) is 5.02 Å². The number of hydrogen-bond donors (Lipinski definition) is 1. The van der Waals surface area contributed by atoms with Crippen molar-refractivity contribution in [2.24, 2.45) is 0 Å². The normalized spacial score (nSPS) is 16.7. The highest BCUT2D eigenvalue weighted by Crippen LogP contribution is 2.44. The Kier molecular flexibility index (Phi) is 7.23. The number of hydrogen-bond acceptors (Lipinski definition) is 9. The number of thioether (sulfide) groups is 1. The fourth-order valence-electron chi connectivity index (χ4n) is 3.96. The van der Waals surface area contributed by atoms with Crippen LogP contribution in [-0.2, 0) is 15.3 Å². The van der Waals surface area contributed by atoms with E-state index in [1.807, 2.05) is 30.3 Å². The zero-order chi connectivity index (χ0) is 26.8. The highest BCUT2D eigenvalue weighted by Gasteiger charge is 2.48. The van der Waals surface area contributed by atoms with Gasteiger partial charge in [-0.2, -0.15) is 0 Å². The lowest BCUT2D eigenvalue weighted by molar-refractivity contribution is -0.384. The third-order valence-electron chi connectivity index (χ3n) is 5.79. The van der Waals surface area contributed by atoms with Crippen LogP contribution < -0.4 is 4.90 Å². The summed E-state index contributed by atoms with van der Waals surface area (Å²) in [7, 11) is 0. The number of amides is 1. The zero-order valence-corrected chi connectivity index (χ0v) is 21.7. The van der Waals surface area contributed by atoms with Crippen molar-refractivity contribution < 1.29 is 19.6 Å². The average molecular weight is 565 g/mol. The van der Waals surface area contributed by atoms with Crippen LogP contribution in [0.1, 0.15) is 22.7 Å². The van der Waals surface area contributed by atoms with E-state index >= 15 is 0 Å². The molecular formula is C26H17ClN4O5S2. The molecule has 0 bridgehead atoms. The summed E-state index contributed by atoms with van der Waals surface area (Å²) in [5.41, 5.74) is 1.44. The van der Waals surface area contributed by atoms with E-state index in [-0.39, 0.29) is 22.0 Å². The van der Waals surface area contributed by atoms with E-state index in [2.05, 4.69) is 10.2 Å². The molecule has 1 saturated heterocycles.